The van der Waals surface area contributed by atoms with Crippen molar-refractivity contribution in [2.24, 2.45) is 0 Å². The van der Waals surface area contributed by atoms with Crippen LogP contribution in [0.3, 0.4) is 0 Å². The molecule has 0 saturated heterocycles. The molecule has 42 heavy (non-hydrogen) atoms. The first kappa shape index (κ1) is 35.0. The summed E-state index contributed by atoms with van der Waals surface area (Å²) in [4.78, 5) is -0.406. The number of halogens is 4. The molecule has 3 rings (SSSR count). The zero-order valence-electron chi connectivity index (χ0n) is 23.4. The van der Waals surface area contributed by atoms with Crippen molar-refractivity contribution in [1.82, 2.24) is 0 Å². The van der Waals surface area contributed by atoms with Crippen LogP contribution in [0.25, 0.3) is 0 Å². The molecule has 0 spiro atoms. The summed E-state index contributed by atoms with van der Waals surface area (Å²) in [5, 5.41) is -2.19. The fourth-order valence-electron chi connectivity index (χ4n) is 3.62. The second kappa shape index (κ2) is 13.2. The number of anilines is 2. The smallest absolute Gasteiger partial charge is 0.289 e. The fourth-order valence-corrected chi connectivity index (χ4v) is 10.5. The highest BCUT2D eigenvalue weighted by molar-refractivity contribution is 7.99. The Balaban J connectivity index is 2.35. The average Bonchev–Trinajstić information content (AvgIpc) is 2.87. The van der Waals surface area contributed by atoms with E-state index in [9.17, 15) is 21.4 Å². The van der Waals surface area contributed by atoms with E-state index in [1.54, 1.807) is 26.0 Å². The number of nitrogens with zero attached hydrogens (tertiary/aromatic N) is 1. The molecular formula is C26H29Cl4N2O7PS2. The number of rotatable bonds is 11. The lowest BCUT2D eigenvalue weighted by atomic mass is 10.2. The molecule has 0 saturated carbocycles. The molecule has 1 N–H and O–H groups in total. The van der Waals surface area contributed by atoms with Gasteiger partial charge in [-0.15, -0.1) is 0 Å². The van der Waals surface area contributed by atoms with Crippen LogP contribution in [0.15, 0.2) is 58.3 Å². The minimum atomic E-state index is -4.84. The highest BCUT2D eigenvalue weighted by Crippen LogP contribution is 2.63. The van der Waals surface area contributed by atoms with Crippen molar-refractivity contribution in [3.63, 3.8) is 0 Å². The number of hydrogen-bond acceptors (Lipinski definition) is 7. The lowest BCUT2D eigenvalue weighted by Crippen LogP contribution is -2.32. The summed E-state index contributed by atoms with van der Waals surface area (Å²) < 4.78 is 82.9. The third-order valence-corrected chi connectivity index (χ3v) is 13.3. The van der Waals surface area contributed by atoms with Gasteiger partial charge in [-0.2, -0.15) is 4.08 Å². The second-order valence-electron chi connectivity index (χ2n) is 9.74. The summed E-state index contributed by atoms with van der Waals surface area (Å²) >= 11 is 26.3. The Morgan fingerprint density at radius 3 is 1.45 bits per heavy atom. The zero-order chi connectivity index (χ0) is 31.8. The van der Waals surface area contributed by atoms with Crippen LogP contribution in [-0.2, 0) is 33.7 Å². The van der Waals surface area contributed by atoms with E-state index in [2.05, 4.69) is 4.72 Å². The quantitative estimate of drug-likeness (QED) is 0.155. The maximum Gasteiger partial charge on any atom is 0.449 e. The van der Waals surface area contributed by atoms with Crippen LogP contribution in [0.4, 0.5) is 11.4 Å². The topological polar surface area (TPSA) is 119 Å². The van der Waals surface area contributed by atoms with Crippen LogP contribution >= 0.6 is 54.2 Å². The molecule has 230 valence electrons. The first-order valence-corrected chi connectivity index (χ1v) is 18.3. The molecule has 3 aromatic carbocycles. The summed E-state index contributed by atoms with van der Waals surface area (Å²) in [6, 6.07) is 11.6. The van der Waals surface area contributed by atoms with E-state index in [4.69, 9.17) is 55.5 Å². The maximum absolute atomic E-state index is 14.5. The van der Waals surface area contributed by atoms with Crippen molar-refractivity contribution in [2.45, 2.75) is 63.5 Å². The van der Waals surface area contributed by atoms with E-state index in [1.165, 1.54) is 64.1 Å². The molecule has 0 aliphatic rings. The van der Waals surface area contributed by atoms with Gasteiger partial charge in [0.2, 0.25) is 0 Å². The molecule has 0 atom stereocenters. The van der Waals surface area contributed by atoms with Crippen LogP contribution < -0.4 is 8.80 Å². The van der Waals surface area contributed by atoms with E-state index < -0.39 is 71.5 Å². The van der Waals surface area contributed by atoms with Crippen LogP contribution in [0.2, 0.25) is 20.1 Å². The number of benzene rings is 3. The van der Waals surface area contributed by atoms with Gasteiger partial charge in [-0.05, 0) is 65.8 Å². The third-order valence-electron chi connectivity index (χ3n) is 5.46. The molecule has 0 unspecified atom stereocenters. The van der Waals surface area contributed by atoms with Crippen LogP contribution in [-0.4, -0.2) is 29.0 Å². The van der Waals surface area contributed by atoms with Gasteiger partial charge in [0.1, 0.15) is 5.69 Å². The first-order chi connectivity index (χ1) is 19.3. The molecule has 0 radical (unpaired) electrons. The molecule has 0 bridgehead atoms. The summed E-state index contributed by atoms with van der Waals surface area (Å²) in [6.45, 7) is 9.65. The van der Waals surface area contributed by atoms with Crippen molar-refractivity contribution < 1.29 is 30.4 Å². The average molecular weight is 718 g/mol. The van der Waals surface area contributed by atoms with E-state index in [1.807, 2.05) is 0 Å². The first-order valence-electron chi connectivity index (χ1n) is 12.4. The van der Waals surface area contributed by atoms with Crippen LogP contribution in [0.5, 0.6) is 0 Å². The maximum atomic E-state index is 14.5. The lowest BCUT2D eigenvalue weighted by Gasteiger charge is -2.34. The minimum absolute atomic E-state index is 0.111. The summed E-state index contributed by atoms with van der Waals surface area (Å²) in [5.41, 5.74) is 0.534. The van der Waals surface area contributed by atoms with Crippen LogP contribution in [0.1, 0.15) is 38.8 Å². The van der Waals surface area contributed by atoms with Crippen molar-refractivity contribution in [3.8, 4) is 0 Å². The van der Waals surface area contributed by atoms with Gasteiger partial charge in [0, 0.05) is 0 Å². The highest BCUT2D eigenvalue weighted by atomic mass is 35.5. The fraction of sp³-hybridized carbons (Fsp3) is 0.308. The standard InChI is InChI=1S/C26H29Cl4N2O7PS2/c1-15(2)38-40(33,39-16(3)4)32(42(36,37)20-13-9-18(6)10-14-20)26-23(29)21(27)25(22(28)24(26)30)31-41(34,35)19-11-7-17(5)8-12-19/h7-16,31H,1-6H3. The Bertz CT molecular complexity index is 1690. The molecule has 16 heteroatoms. The Kier molecular flexibility index (Phi) is 11.0. The molecule has 9 nitrogen and oxygen atoms in total. The van der Waals surface area contributed by atoms with Crippen LogP contribution in [0, 0.1) is 13.8 Å². The summed E-state index contributed by atoms with van der Waals surface area (Å²) in [5.74, 6) is 0. The van der Waals surface area contributed by atoms with Gasteiger partial charge < -0.3 is 0 Å². The lowest BCUT2D eigenvalue weighted by molar-refractivity contribution is 0.143. The van der Waals surface area contributed by atoms with Crippen molar-refractivity contribution in [2.75, 3.05) is 8.80 Å². The molecule has 0 heterocycles. The number of sulfonamides is 2. The van der Waals surface area contributed by atoms with Gasteiger partial charge in [0.15, 0.2) is 0 Å². The third kappa shape index (κ3) is 7.39. The largest absolute Gasteiger partial charge is 0.449 e. The van der Waals surface area contributed by atoms with Crippen molar-refractivity contribution in [3.05, 3.63) is 79.7 Å². The molecule has 0 amide bonds. The monoisotopic (exact) mass is 716 g/mol. The van der Waals surface area contributed by atoms with Crippen molar-refractivity contribution >= 4 is 85.6 Å². The summed E-state index contributed by atoms with van der Waals surface area (Å²) in [6.07, 6.45) is -1.59. The Hall–Kier alpha value is -1.53. The molecule has 0 fully saturated rings. The Labute approximate surface area is 266 Å². The number of aryl methyl sites for hydroxylation is 2. The van der Waals surface area contributed by atoms with E-state index in [0.717, 1.165) is 11.1 Å². The number of hydrogen-bond donors (Lipinski definition) is 1. The van der Waals surface area contributed by atoms with E-state index in [-0.39, 0.29) is 9.79 Å². The molecule has 0 aliphatic carbocycles. The second-order valence-corrected chi connectivity index (χ2v) is 16.7. The molecular weight excluding hydrogens is 689 g/mol. The number of nitrogens with one attached hydrogen (secondary N) is 1. The Morgan fingerprint density at radius 1 is 0.690 bits per heavy atom. The zero-order valence-corrected chi connectivity index (χ0v) is 28.9. The van der Waals surface area contributed by atoms with E-state index >= 15 is 0 Å². The molecule has 3 aromatic rings. The van der Waals surface area contributed by atoms with Gasteiger partial charge in [0.25, 0.3) is 20.0 Å². The van der Waals surface area contributed by atoms with Gasteiger partial charge in [-0.1, -0.05) is 81.8 Å². The van der Waals surface area contributed by atoms with Gasteiger partial charge >= 0.3 is 7.75 Å². The van der Waals surface area contributed by atoms with E-state index in [0.29, 0.717) is 4.08 Å². The predicted molar refractivity (Wildman–Crippen MR) is 169 cm³/mol. The predicted octanol–water partition coefficient (Wildman–Crippen LogP) is 8.87. The summed E-state index contributed by atoms with van der Waals surface area (Å²) in [7, 11) is -13.9. The SMILES string of the molecule is Cc1ccc(S(=O)(=O)Nc2c(Cl)c(Cl)c(N(P(=O)(OC(C)C)OC(C)C)S(=O)(=O)c3ccc(C)cc3)c(Cl)c2Cl)cc1. The van der Waals surface area contributed by atoms with Crippen molar-refractivity contribution in [1.29, 1.82) is 0 Å². The Morgan fingerprint density at radius 2 is 1.07 bits per heavy atom. The normalized spacial score (nSPS) is 12.7. The highest BCUT2D eigenvalue weighted by Gasteiger charge is 2.48. The minimum Gasteiger partial charge on any atom is -0.289 e. The van der Waals surface area contributed by atoms with Gasteiger partial charge in [-0.3, -0.25) is 13.8 Å². The molecule has 0 aromatic heterocycles. The van der Waals surface area contributed by atoms with Gasteiger partial charge in [-0.25, -0.2) is 21.4 Å². The molecule has 0 aliphatic heterocycles. The van der Waals surface area contributed by atoms with Gasteiger partial charge in [0.05, 0.1) is 47.8 Å².